The van der Waals surface area contributed by atoms with Gasteiger partial charge in [-0.2, -0.15) is 5.48 Å². The molecule has 0 heterocycles. The molecule has 142 valence electrons. The molecule has 1 unspecified atom stereocenters. The molecule has 0 saturated carbocycles. The van der Waals surface area contributed by atoms with Crippen LogP contribution in [0, 0.1) is 0 Å². The average Bonchev–Trinajstić information content (AvgIpc) is 2.75. The molecule has 3 aromatic rings. The van der Waals surface area contributed by atoms with E-state index in [0.29, 0.717) is 11.5 Å². The summed E-state index contributed by atoms with van der Waals surface area (Å²) < 4.78 is 10.8. The number of Topliss-reactive ketones (excluding diaryl/α,β-unsaturated/α-hetero) is 1. The molecular weight excluding hydrogens is 358 g/mol. The number of rotatable bonds is 8. The fourth-order valence-corrected chi connectivity index (χ4v) is 2.51. The van der Waals surface area contributed by atoms with Crippen LogP contribution in [0.3, 0.4) is 0 Å². The summed E-state index contributed by atoms with van der Waals surface area (Å²) in [5.74, 6) is -0.253. The number of ketones is 1. The minimum Gasteiger partial charge on any atom is -0.459 e. The van der Waals surface area contributed by atoms with Gasteiger partial charge in [0.15, 0.2) is 11.8 Å². The van der Waals surface area contributed by atoms with Crippen molar-refractivity contribution in [2.45, 2.75) is 12.6 Å². The highest BCUT2D eigenvalue weighted by atomic mass is 16.5. The van der Waals surface area contributed by atoms with Gasteiger partial charge in [-0.15, -0.1) is 0 Å². The molecule has 0 radical (unpaired) electrons. The van der Waals surface area contributed by atoms with Crippen LogP contribution >= 0.6 is 0 Å². The van der Waals surface area contributed by atoms with Crippen LogP contribution in [0.5, 0.6) is 11.5 Å². The highest BCUT2D eigenvalue weighted by Gasteiger charge is 2.28. The van der Waals surface area contributed by atoms with E-state index in [1.54, 1.807) is 29.7 Å². The van der Waals surface area contributed by atoms with E-state index in [4.69, 9.17) is 9.47 Å². The first-order valence-electron chi connectivity index (χ1n) is 8.65. The van der Waals surface area contributed by atoms with E-state index in [0.717, 1.165) is 5.56 Å². The first-order valence-corrected chi connectivity index (χ1v) is 8.65. The van der Waals surface area contributed by atoms with Crippen molar-refractivity contribution < 1.29 is 24.3 Å². The highest BCUT2D eigenvalue weighted by Crippen LogP contribution is 2.21. The number of nitrogens with one attached hydrogen (secondary N) is 1. The van der Waals surface area contributed by atoms with Crippen LogP contribution in [-0.4, -0.2) is 23.0 Å². The van der Waals surface area contributed by atoms with Gasteiger partial charge in [-0.1, -0.05) is 48.5 Å². The number of hydrogen-bond donors (Lipinski definition) is 2. The van der Waals surface area contributed by atoms with Crippen LogP contribution in [0.25, 0.3) is 0 Å². The molecule has 0 aliphatic rings. The summed E-state index contributed by atoms with van der Waals surface area (Å²) in [4.78, 5) is 24.7. The maximum absolute atomic E-state index is 12.5. The lowest BCUT2D eigenvalue weighted by Gasteiger charge is -2.14. The van der Waals surface area contributed by atoms with Gasteiger partial charge in [0.25, 0.3) is 0 Å². The lowest BCUT2D eigenvalue weighted by molar-refractivity contribution is -0.148. The third-order valence-electron chi connectivity index (χ3n) is 3.97. The van der Waals surface area contributed by atoms with Gasteiger partial charge in [0.1, 0.15) is 18.1 Å². The topological polar surface area (TPSA) is 84.9 Å². The Bertz CT molecular complexity index is 911. The van der Waals surface area contributed by atoms with Gasteiger partial charge in [0, 0.05) is 5.56 Å². The molecule has 0 saturated heterocycles. The summed E-state index contributed by atoms with van der Waals surface area (Å²) in [5.41, 5.74) is 2.75. The second-order valence-electron chi connectivity index (χ2n) is 5.96. The Hall–Kier alpha value is -3.48. The molecule has 0 bridgehead atoms. The highest BCUT2D eigenvalue weighted by molar-refractivity contribution is 6.12. The SMILES string of the molecule is O=C(OCc1ccccc1)C(NO)C(=O)c1ccc(Oc2ccccc2)cc1. The van der Waals surface area contributed by atoms with Crippen LogP contribution in [0.4, 0.5) is 0 Å². The maximum atomic E-state index is 12.5. The molecule has 28 heavy (non-hydrogen) atoms. The number of ether oxygens (including phenoxy) is 2. The molecule has 0 aliphatic heterocycles. The predicted octanol–water partition coefficient (Wildman–Crippen LogP) is 3.75. The number of carbonyl (C=O) groups is 2. The number of hydroxylamine groups is 1. The van der Waals surface area contributed by atoms with Crippen molar-refractivity contribution in [1.82, 2.24) is 5.48 Å². The smallest absolute Gasteiger partial charge is 0.333 e. The minimum atomic E-state index is -1.51. The Morgan fingerprint density at radius 3 is 2.00 bits per heavy atom. The lowest BCUT2D eigenvalue weighted by atomic mass is 10.0. The third kappa shape index (κ3) is 5.03. The molecule has 1 atom stereocenters. The van der Waals surface area contributed by atoms with Crippen molar-refractivity contribution in [3.63, 3.8) is 0 Å². The monoisotopic (exact) mass is 377 g/mol. The van der Waals surface area contributed by atoms with E-state index in [1.165, 1.54) is 12.1 Å². The fraction of sp³-hybridized carbons (Fsp3) is 0.0909. The van der Waals surface area contributed by atoms with Crippen molar-refractivity contribution >= 4 is 11.8 Å². The van der Waals surface area contributed by atoms with Gasteiger partial charge in [-0.3, -0.25) is 4.79 Å². The largest absolute Gasteiger partial charge is 0.459 e. The Kier molecular flexibility index (Phi) is 6.51. The zero-order valence-electron chi connectivity index (χ0n) is 14.9. The molecular formula is C22H19NO5. The third-order valence-corrected chi connectivity index (χ3v) is 3.97. The molecule has 0 spiro atoms. The van der Waals surface area contributed by atoms with Crippen molar-refractivity contribution in [2.75, 3.05) is 0 Å². The van der Waals surface area contributed by atoms with Crippen LogP contribution in [0.2, 0.25) is 0 Å². The standard InChI is InChI=1S/C22H19NO5/c24-21(20(23-26)22(25)27-15-16-7-3-1-4-8-16)17-11-13-19(14-12-17)28-18-9-5-2-6-10-18/h1-14,20,23,26H,15H2. The Morgan fingerprint density at radius 2 is 1.39 bits per heavy atom. The molecule has 3 aromatic carbocycles. The van der Waals surface area contributed by atoms with Gasteiger partial charge in [0.05, 0.1) is 0 Å². The molecule has 0 aliphatic carbocycles. The van der Waals surface area contributed by atoms with E-state index in [1.807, 2.05) is 48.5 Å². The average molecular weight is 377 g/mol. The Balaban J connectivity index is 1.62. The van der Waals surface area contributed by atoms with Gasteiger partial charge in [-0.05, 0) is 42.0 Å². The van der Waals surface area contributed by atoms with Gasteiger partial charge in [0.2, 0.25) is 0 Å². The Morgan fingerprint density at radius 1 is 0.821 bits per heavy atom. The summed E-state index contributed by atoms with van der Waals surface area (Å²) in [7, 11) is 0. The molecule has 2 N–H and O–H groups in total. The molecule has 3 rings (SSSR count). The lowest BCUT2D eigenvalue weighted by Crippen LogP contribution is -2.42. The van der Waals surface area contributed by atoms with E-state index in [-0.39, 0.29) is 12.2 Å². The summed E-state index contributed by atoms with van der Waals surface area (Å²) in [6.45, 7) is 0.00892. The Labute approximate surface area is 162 Å². The van der Waals surface area contributed by atoms with Crippen LogP contribution in [-0.2, 0) is 16.1 Å². The molecule has 0 amide bonds. The van der Waals surface area contributed by atoms with E-state index >= 15 is 0 Å². The van der Waals surface area contributed by atoms with Crippen molar-refractivity contribution in [3.05, 3.63) is 96.1 Å². The van der Waals surface area contributed by atoms with E-state index in [2.05, 4.69) is 0 Å². The minimum absolute atomic E-state index is 0.00892. The number of carbonyl (C=O) groups excluding carboxylic acids is 2. The van der Waals surface area contributed by atoms with Crippen LogP contribution in [0.1, 0.15) is 15.9 Å². The fourth-order valence-electron chi connectivity index (χ4n) is 2.51. The molecule has 0 aromatic heterocycles. The summed E-state index contributed by atoms with van der Waals surface area (Å²) in [6.07, 6.45) is 0. The van der Waals surface area contributed by atoms with Crippen LogP contribution in [0.15, 0.2) is 84.9 Å². The van der Waals surface area contributed by atoms with E-state index in [9.17, 15) is 14.8 Å². The quantitative estimate of drug-likeness (QED) is 0.269. The number of hydrogen-bond acceptors (Lipinski definition) is 6. The zero-order chi connectivity index (χ0) is 19.8. The maximum Gasteiger partial charge on any atom is 0.333 e. The summed E-state index contributed by atoms with van der Waals surface area (Å²) >= 11 is 0. The van der Waals surface area contributed by atoms with Crippen molar-refractivity contribution in [3.8, 4) is 11.5 Å². The van der Waals surface area contributed by atoms with Crippen molar-refractivity contribution in [1.29, 1.82) is 0 Å². The second kappa shape index (κ2) is 9.45. The summed E-state index contributed by atoms with van der Waals surface area (Å²) in [6, 6.07) is 23.0. The van der Waals surface area contributed by atoms with Crippen molar-refractivity contribution in [2.24, 2.45) is 0 Å². The first kappa shape index (κ1) is 19.3. The number of esters is 1. The first-order chi connectivity index (χ1) is 13.7. The normalized spacial score (nSPS) is 11.5. The molecule has 6 heteroatoms. The predicted molar refractivity (Wildman–Crippen MR) is 102 cm³/mol. The van der Waals surface area contributed by atoms with Crippen LogP contribution < -0.4 is 10.2 Å². The zero-order valence-corrected chi connectivity index (χ0v) is 14.9. The number of para-hydroxylation sites is 1. The van der Waals surface area contributed by atoms with Gasteiger partial charge < -0.3 is 14.7 Å². The number of benzene rings is 3. The van der Waals surface area contributed by atoms with E-state index < -0.39 is 17.8 Å². The second-order valence-corrected chi connectivity index (χ2v) is 5.96. The molecule has 6 nitrogen and oxygen atoms in total. The summed E-state index contributed by atoms with van der Waals surface area (Å²) in [5, 5.41) is 9.28. The van der Waals surface area contributed by atoms with Gasteiger partial charge in [-0.25, -0.2) is 4.79 Å². The molecule has 0 fully saturated rings. The van der Waals surface area contributed by atoms with Gasteiger partial charge >= 0.3 is 5.97 Å².